The number of anilines is 1. The highest BCUT2D eigenvalue weighted by atomic mass is 16.1. The fraction of sp³-hybridized carbons (Fsp3) is 0.538. The number of nitrogen functional groups attached to an aromatic ring is 1. The van der Waals surface area contributed by atoms with Crippen LogP contribution in [0.3, 0.4) is 0 Å². The van der Waals surface area contributed by atoms with Gasteiger partial charge in [-0.1, -0.05) is 19.8 Å². The van der Waals surface area contributed by atoms with E-state index in [1.807, 2.05) is 0 Å². The number of carbonyl (C=O) groups excluding carboxylic acids is 1. The number of hydrazine groups is 1. The lowest BCUT2D eigenvalue weighted by Gasteiger charge is -2.15. The quantitative estimate of drug-likeness (QED) is 0.557. The first-order valence-electron chi connectivity index (χ1n) is 6.41. The molecule has 1 saturated carbocycles. The minimum atomic E-state index is -0.113. The van der Waals surface area contributed by atoms with Gasteiger partial charge in [0, 0.05) is 6.54 Å². The van der Waals surface area contributed by atoms with Crippen molar-refractivity contribution in [1.29, 1.82) is 0 Å². The number of nitrogens with one attached hydrogen (secondary N) is 2. The van der Waals surface area contributed by atoms with E-state index in [4.69, 9.17) is 5.84 Å². The molecule has 0 bridgehead atoms. The van der Waals surface area contributed by atoms with Gasteiger partial charge in [-0.05, 0) is 30.4 Å². The van der Waals surface area contributed by atoms with E-state index in [2.05, 4.69) is 22.7 Å². The Bertz CT molecular complexity index is 404. The molecule has 5 heteroatoms. The van der Waals surface area contributed by atoms with Gasteiger partial charge in [-0.2, -0.15) is 0 Å². The maximum Gasteiger partial charge on any atom is 0.269 e. The van der Waals surface area contributed by atoms with Crippen molar-refractivity contribution in [2.75, 3.05) is 12.0 Å². The Morgan fingerprint density at radius 2 is 2.33 bits per heavy atom. The number of carbonyl (C=O) groups is 1. The summed E-state index contributed by atoms with van der Waals surface area (Å²) in [4.78, 5) is 15.9. The van der Waals surface area contributed by atoms with Gasteiger partial charge in [0.25, 0.3) is 5.91 Å². The van der Waals surface area contributed by atoms with Gasteiger partial charge in [0.05, 0.1) is 11.9 Å². The van der Waals surface area contributed by atoms with Crippen molar-refractivity contribution >= 4 is 11.6 Å². The third-order valence-corrected chi connectivity index (χ3v) is 3.73. The zero-order chi connectivity index (χ0) is 13.0. The third-order valence-electron chi connectivity index (χ3n) is 3.73. The lowest BCUT2D eigenvalue weighted by Crippen LogP contribution is -2.30. The van der Waals surface area contributed by atoms with Crippen LogP contribution in [0.15, 0.2) is 18.3 Å². The summed E-state index contributed by atoms with van der Waals surface area (Å²) in [6.45, 7) is 3.00. The molecule has 0 aromatic carbocycles. The molecular weight excluding hydrogens is 228 g/mol. The number of nitrogens with two attached hydrogens (primary N) is 1. The summed E-state index contributed by atoms with van der Waals surface area (Å²) in [5.74, 6) is 6.45. The second-order valence-electron chi connectivity index (χ2n) is 4.95. The molecule has 1 aliphatic rings. The lowest BCUT2D eigenvalue weighted by molar-refractivity contribution is 0.0939. The fourth-order valence-electron chi connectivity index (χ4n) is 2.45. The van der Waals surface area contributed by atoms with E-state index in [0.717, 1.165) is 6.54 Å². The van der Waals surface area contributed by atoms with Gasteiger partial charge in [0.1, 0.15) is 5.69 Å². The van der Waals surface area contributed by atoms with Crippen molar-refractivity contribution in [1.82, 2.24) is 10.3 Å². The average molecular weight is 248 g/mol. The number of nitrogens with zero attached hydrogens (tertiary/aromatic N) is 1. The summed E-state index contributed by atoms with van der Waals surface area (Å²) in [6.07, 6.45) is 5.31. The molecule has 1 amide bonds. The van der Waals surface area contributed by atoms with Gasteiger partial charge in [-0.15, -0.1) is 0 Å². The van der Waals surface area contributed by atoms with Gasteiger partial charge < -0.3 is 10.7 Å². The molecular formula is C13H20N4O. The van der Waals surface area contributed by atoms with Gasteiger partial charge >= 0.3 is 0 Å². The Kier molecular flexibility index (Phi) is 4.15. The van der Waals surface area contributed by atoms with Gasteiger partial charge in [0.2, 0.25) is 0 Å². The first kappa shape index (κ1) is 12.8. The van der Waals surface area contributed by atoms with Crippen LogP contribution in [0.1, 0.15) is 36.7 Å². The van der Waals surface area contributed by atoms with E-state index in [0.29, 0.717) is 23.2 Å². The van der Waals surface area contributed by atoms with Crippen molar-refractivity contribution in [3.8, 4) is 0 Å². The van der Waals surface area contributed by atoms with Crippen LogP contribution in [0.2, 0.25) is 0 Å². The van der Waals surface area contributed by atoms with Gasteiger partial charge in [-0.25, -0.2) is 4.98 Å². The van der Waals surface area contributed by atoms with Crippen LogP contribution >= 0.6 is 0 Å². The first-order chi connectivity index (χ1) is 8.70. The maximum absolute atomic E-state index is 11.9. The molecule has 0 saturated heterocycles. The van der Waals surface area contributed by atoms with Crippen molar-refractivity contribution < 1.29 is 4.79 Å². The zero-order valence-corrected chi connectivity index (χ0v) is 10.6. The molecule has 0 spiro atoms. The van der Waals surface area contributed by atoms with Gasteiger partial charge in [0.15, 0.2) is 0 Å². The fourth-order valence-corrected chi connectivity index (χ4v) is 2.45. The molecule has 18 heavy (non-hydrogen) atoms. The number of pyridine rings is 1. The van der Waals surface area contributed by atoms with E-state index in [1.165, 1.54) is 19.3 Å². The molecule has 2 atom stereocenters. The molecule has 5 nitrogen and oxygen atoms in total. The number of hydrogen-bond acceptors (Lipinski definition) is 4. The van der Waals surface area contributed by atoms with Crippen LogP contribution in [-0.2, 0) is 0 Å². The van der Waals surface area contributed by atoms with Crippen LogP contribution in [-0.4, -0.2) is 17.4 Å². The Balaban J connectivity index is 1.87. The molecule has 2 rings (SSSR count). The van der Waals surface area contributed by atoms with Crippen molar-refractivity contribution in [2.45, 2.75) is 26.2 Å². The second-order valence-corrected chi connectivity index (χ2v) is 4.95. The van der Waals surface area contributed by atoms with E-state index in [9.17, 15) is 4.79 Å². The van der Waals surface area contributed by atoms with Crippen LogP contribution in [0, 0.1) is 11.8 Å². The lowest BCUT2D eigenvalue weighted by atomic mass is 9.98. The molecule has 1 heterocycles. The predicted octanol–water partition coefficient (Wildman–Crippen LogP) is 1.53. The van der Waals surface area contributed by atoms with E-state index in [-0.39, 0.29) is 5.91 Å². The molecule has 1 fully saturated rings. The molecule has 4 N–H and O–H groups in total. The molecule has 0 aliphatic heterocycles. The SMILES string of the molecule is CC1CCCC1CNC(=O)c1ccc(NN)cn1. The van der Waals surface area contributed by atoms with E-state index in [1.54, 1.807) is 18.3 Å². The highest BCUT2D eigenvalue weighted by molar-refractivity contribution is 5.92. The van der Waals surface area contributed by atoms with E-state index < -0.39 is 0 Å². The van der Waals surface area contributed by atoms with Crippen molar-refractivity contribution in [3.63, 3.8) is 0 Å². The highest BCUT2D eigenvalue weighted by Crippen LogP contribution is 2.30. The summed E-state index contributed by atoms with van der Waals surface area (Å²) >= 11 is 0. The monoisotopic (exact) mass is 248 g/mol. The summed E-state index contributed by atoms with van der Waals surface area (Å²) in [6, 6.07) is 3.41. The topological polar surface area (TPSA) is 80.0 Å². The maximum atomic E-state index is 11.9. The summed E-state index contributed by atoms with van der Waals surface area (Å²) < 4.78 is 0. The Hall–Kier alpha value is -1.62. The van der Waals surface area contributed by atoms with Crippen LogP contribution < -0.4 is 16.6 Å². The highest BCUT2D eigenvalue weighted by Gasteiger charge is 2.23. The molecule has 2 unspecified atom stereocenters. The number of amides is 1. The standard InChI is InChI=1S/C13H20N4O/c1-9-3-2-4-10(9)7-16-13(18)12-6-5-11(17-14)8-15-12/h5-6,8-10,17H,2-4,7,14H2,1H3,(H,16,18). The number of rotatable bonds is 4. The smallest absolute Gasteiger partial charge is 0.269 e. The average Bonchev–Trinajstić information content (AvgIpc) is 2.81. The third kappa shape index (κ3) is 2.98. The van der Waals surface area contributed by atoms with Crippen LogP contribution in [0.25, 0.3) is 0 Å². The Labute approximate surface area is 107 Å². The molecule has 0 radical (unpaired) electrons. The summed E-state index contributed by atoms with van der Waals surface area (Å²) in [7, 11) is 0. The zero-order valence-electron chi connectivity index (χ0n) is 10.6. The van der Waals surface area contributed by atoms with E-state index >= 15 is 0 Å². The number of aromatic nitrogens is 1. The predicted molar refractivity (Wildman–Crippen MR) is 70.9 cm³/mol. The van der Waals surface area contributed by atoms with Crippen molar-refractivity contribution in [2.24, 2.45) is 17.7 Å². The summed E-state index contributed by atoms with van der Waals surface area (Å²) in [5.41, 5.74) is 3.60. The molecule has 1 aromatic rings. The van der Waals surface area contributed by atoms with Crippen LogP contribution in [0.5, 0.6) is 0 Å². The summed E-state index contributed by atoms with van der Waals surface area (Å²) in [5, 5.41) is 2.96. The van der Waals surface area contributed by atoms with Crippen LogP contribution in [0.4, 0.5) is 5.69 Å². The Morgan fingerprint density at radius 3 is 2.89 bits per heavy atom. The second kappa shape index (κ2) is 5.82. The molecule has 1 aromatic heterocycles. The number of hydrogen-bond donors (Lipinski definition) is 3. The minimum absolute atomic E-state index is 0.113. The first-order valence-corrected chi connectivity index (χ1v) is 6.41. The van der Waals surface area contributed by atoms with Gasteiger partial charge in [-0.3, -0.25) is 10.6 Å². The normalized spacial score (nSPS) is 22.8. The molecule has 1 aliphatic carbocycles. The Morgan fingerprint density at radius 1 is 1.50 bits per heavy atom. The largest absolute Gasteiger partial charge is 0.350 e. The van der Waals surface area contributed by atoms with Crippen molar-refractivity contribution in [3.05, 3.63) is 24.0 Å². The minimum Gasteiger partial charge on any atom is -0.350 e. The molecule has 98 valence electrons.